The van der Waals surface area contributed by atoms with E-state index >= 15 is 0 Å². The van der Waals surface area contributed by atoms with Gasteiger partial charge < -0.3 is 9.05 Å². The molecule has 0 aliphatic carbocycles. The summed E-state index contributed by atoms with van der Waals surface area (Å²) in [6, 6.07) is 0. The molecule has 0 rings (SSSR count). The molecular weight excluding hydrogens is 349 g/mol. The van der Waals surface area contributed by atoms with Gasteiger partial charge in [0.25, 0.3) is 0 Å². The molecule has 13 heteroatoms. The van der Waals surface area contributed by atoms with E-state index in [2.05, 4.69) is 9.05 Å². The zero-order valence-corrected chi connectivity index (χ0v) is 14.4. The van der Waals surface area contributed by atoms with Crippen LogP contribution in [0, 0.1) is 0 Å². The summed E-state index contributed by atoms with van der Waals surface area (Å²) in [7, 11) is -10.3. The van der Waals surface area contributed by atoms with Gasteiger partial charge in [-0.15, -0.1) is 0 Å². The quantitative estimate of drug-likeness (QED) is 0.374. The molecule has 0 heterocycles. The minimum atomic E-state index is -5.13. The van der Waals surface area contributed by atoms with Crippen LogP contribution in [0.2, 0.25) is 0 Å². The molecule has 0 aromatic rings. The Kier molecular flexibility index (Phi) is 10.3. The summed E-state index contributed by atoms with van der Waals surface area (Å²) in [6.07, 6.45) is -2.14. The summed E-state index contributed by atoms with van der Waals surface area (Å²) in [5.74, 6) is 0. The maximum atomic E-state index is 10.0. The predicted octanol–water partition coefficient (Wildman–Crippen LogP) is -0.680. The Morgan fingerprint density at radius 2 is 1.07 bits per heavy atom. The van der Waals surface area contributed by atoms with Gasteiger partial charge in [-0.3, -0.25) is 19.6 Å². The van der Waals surface area contributed by atoms with Gasteiger partial charge in [0, 0.05) is 39.0 Å². The Labute approximate surface area is 103 Å². The van der Waals surface area contributed by atoms with E-state index in [9.17, 15) is 13.9 Å². The van der Waals surface area contributed by atoms with Gasteiger partial charge in [0.2, 0.25) is 0 Å². The van der Waals surface area contributed by atoms with Crippen molar-refractivity contribution in [3.63, 3.8) is 0 Å². The van der Waals surface area contributed by atoms with Gasteiger partial charge in [-0.1, -0.05) is 0 Å². The van der Waals surface area contributed by atoms with Crippen LogP contribution in [0.1, 0.15) is 0 Å². The predicted molar refractivity (Wildman–Crippen MR) is 31.7 cm³/mol. The van der Waals surface area contributed by atoms with Crippen LogP contribution in [0.5, 0.6) is 0 Å². The molecule has 0 aromatic heterocycles. The largest absolute Gasteiger partial charge is 0.529 e. The molecule has 0 atom stereocenters. The first-order chi connectivity index (χ1) is 5.10. The first kappa shape index (κ1) is 20.3. The Morgan fingerprint density at radius 3 is 1.21 bits per heavy atom. The molecule has 14 heavy (non-hydrogen) atoms. The van der Waals surface area contributed by atoms with Gasteiger partial charge in [0.05, 0.1) is 0 Å². The summed E-state index contributed by atoms with van der Waals surface area (Å²) < 4.78 is 25.9. The number of carbonyl (C=O) groups is 1. The van der Waals surface area contributed by atoms with Gasteiger partial charge in [0.1, 0.15) is 0 Å². The normalized spacial score (nSPS) is 10.6. The molecular formula is CH4O9P2Zn2. The topological polar surface area (TPSA) is 151 Å². The third-order valence-corrected chi connectivity index (χ3v) is 1.16. The van der Waals surface area contributed by atoms with E-state index in [0.717, 1.165) is 0 Å². The molecule has 0 aliphatic heterocycles. The van der Waals surface area contributed by atoms with Gasteiger partial charge in [-0.2, -0.15) is 0 Å². The van der Waals surface area contributed by atoms with E-state index in [4.69, 9.17) is 19.6 Å². The Balaban J connectivity index is -0.000000605. The monoisotopic (exact) mass is 350 g/mol. The third kappa shape index (κ3) is 15.3. The van der Waals surface area contributed by atoms with Crippen LogP contribution < -0.4 is 0 Å². The number of hydrogen-bond acceptors (Lipinski definition) is 5. The van der Waals surface area contributed by atoms with E-state index in [1.807, 2.05) is 0 Å². The average Bonchev–Trinajstić information content (AvgIpc) is 1.49. The number of hydrogen-bond donors (Lipinski definition) is 4. The number of phosphoric acid groups is 2. The Hall–Kier alpha value is 0.817. The van der Waals surface area contributed by atoms with Crippen LogP contribution >= 0.6 is 15.6 Å². The van der Waals surface area contributed by atoms with E-state index in [0.29, 0.717) is 0 Å². The zero-order valence-electron chi connectivity index (χ0n) is 6.64. The summed E-state index contributed by atoms with van der Waals surface area (Å²) in [5.41, 5.74) is 0. The summed E-state index contributed by atoms with van der Waals surface area (Å²) >= 11 is 0. The van der Waals surface area contributed by atoms with Crippen LogP contribution in [-0.4, -0.2) is 25.7 Å². The second-order valence-corrected chi connectivity index (χ2v) is 3.74. The van der Waals surface area contributed by atoms with E-state index in [-0.39, 0.29) is 39.0 Å². The van der Waals surface area contributed by atoms with Crippen LogP contribution in [0.3, 0.4) is 0 Å². The van der Waals surface area contributed by atoms with Crippen LogP contribution in [0.25, 0.3) is 0 Å². The summed E-state index contributed by atoms with van der Waals surface area (Å²) in [4.78, 5) is 41.7. The van der Waals surface area contributed by atoms with Crippen molar-refractivity contribution in [2.24, 2.45) is 0 Å². The number of rotatable bonds is 2. The molecule has 0 saturated carbocycles. The van der Waals surface area contributed by atoms with E-state index < -0.39 is 21.8 Å². The van der Waals surface area contributed by atoms with Crippen molar-refractivity contribution >= 4 is 21.8 Å². The molecule has 0 bridgehead atoms. The van der Waals surface area contributed by atoms with Gasteiger partial charge in [0.15, 0.2) is 0 Å². The first-order valence-corrected chi connectivity index (χ1v) is 5.20. The van der Waals surface area contributed by atoms with Crippen LogP contribution in [-0.2, 0) is 57.1 Å². The van der Waals surface area contributed by atoms with E-state index in [1.54, 1.807) is 0 Å². The molecule has 9 nitrogen and oxygen atoms in total. The maximum absolute atomic E-state index is 10.0. The van der Waals surface area contributed by atoms with Crippen molar-refractivity contribution in [2.75, 3.05) is 0 Å². The molecule has 0 radical (unpaired) electrons. The van der Waals surface area contributed by atoms with Crippen LogP contribution in [0.4, 0.5) is 4.79 Å². The fraction of sp³-hybridized carbons (Fsp3) is 0. The molecule has 76 valence electrons. The first-order valence-electron chi connectivity index (χ1n) is 2.14. The second kappa shape index (κ2) is 7.15. The van der Waals surface area contributed by atoms with Crippen molar-refractivity contribution in [3.05, 3.63) is 0 Å². The van der Waals surface area contributed by atoms with Gasteiger partial charge >= 0.3 is 21.8 Å². The van der Waals surface area contributed by atoms with Crippen LogP contribution in [0.15, 0.2) is 0 Å². The molecule has 0 saturated heterocycles. The van der Waals surface area contributed by atoms with E-state index in [1.165, 1.54) is 0 Å². The minimum Gasteiger partial charge on any atom is -0.337 e. The van der Waals surface area contributed by atoms with Crippen molar-refractivity contribution in [1.29, 1.82) is 0 Å². The molecule has 0 fully saturated rings. The summed E-state index contributed by atoms with van der Waals surface area (Å²) in [5, 5.41) is 0. The molecule has 0 unspecified atom stereocenters. The molecule has 0 spiro atoms. The Morgan fingerprint density at radius 1 is 0.857 bits per heavy atom. The fourth-order valence-corrected chi connectivity index (χ4v) is 0.733. The zero-order chi connectivity index (χ0) is 9.99. The number of carbonyl (C=O) groups excluding carboxylic acids is 1. The number of phosphoric ester groups is 2. The van der Waals surface area contributed by atoms with Gasteiger partial charge in [-0.05, 0) is 0 Å². The SMILES string of the molecule is O=C(OP(=O)(O)O)OP(=O)(O)O.[Zn].[Zn]. The Bertz CT molecular complexity index is 236. The molecule has 0 aliphatic rings. The second-order valence-electron chi connectivity index (χ2n) is 1.41. The smallest absolute Gasteiger partial charge is 0.337 e. The fourth-order valence-electron chi connectivity index (χ4n) is 0.211. The third-order valence-electron chi connectivity index (χ3n) is 0.387. The van der Waals surface area contributed by atoms with Gasteiger partial charge in [-0.25, -0.2) is 13.9 Å². The van der Waals surface area contributed by atoms with Crippen molar-refractivity contribution in [2.45, 2.75) is 0 Å². The average molecular weight is 353 g/mol. The summed E-state index contributed by atoms with van der Waals surface area (Å²) in [6.45, 7) is 0. The molecule has 4 N–H and O–H groups in total. The molecule has 0 aromatic carbocycles. The maximum Gasteiger partial charge on any atom is 0.529 e. The van der Waals surface area contributed by atoms with Crippen molar-refractivity contribution in [1.82, 2.24) is 0 Å². The minimum absolute atomic E-state index is 0. The molecule has 0 amide bonds. The standard InChI is InChI=1S/CH4O9P2.2Zn/c2-1(9-11(3,4)5)10-12(6,7)8;;/h(H2,3,4,5)(H2,6,7,8);;. The van der Waals surface area contributed by atoms with Crippen molar-refractivity contribution < 1.29 is 81.5 Å². The van der Waals surface area contributed by atoms with Crippen molar-refractivity contribution in [3.8, 4) is 0 Å².